The minimum Gasteiger partial charge on any atom is -0.494 e. The van der Waals surface area contributed by atoms with Crippen molar-refractivity contribution in [2.45, 2.75) is 13.3 Å². The monoisotopic (exact) mass is 297 g/mol. The SMILES string of the molecule is CCCOc1ccc(/C=C/C(=O)Nc2ccc(N)nc2)cc1. The molecule has 5 nitrogen and oxygen atoms in total. The number of anilines is 2. The Morgan fingerprint density at radius 2 is 2.05 bits per heavy atom. The van der Waals surface area contributed by atoms with E-state index in [4.69, 9.17) is 10.5 Å². The van der Waals surface area contributed by atoms with Gasteiger partial charge in [0.2, 0.25) is 5.91 Å². The second kappa shape index (κ2) is 7.83. The molecule has 0 radical (unpaired) electrons. The van der Waals surface area contributed by atoms with Crippen molar-refractivity contribution >= 4 is 23.5 Å². The van der Waals surface area contributed by atoms with Crippen LogP contribution in [0.5, 0.6) is 5.75 Å². The molecule has 0 fully saturated rings. The van der Waals surface area contributed by atoms with Gasteiger partial charge in [0.1, 0.15) is 11.6 Å². The number of carbonyl (C=O) groups is 1. The number of nitrogens with zero attached hydrogens (tertiary/aromatic N) is 1. The van der Waals surface area contributed by atoms with Crippen molar-refractivity contribution in [1.82, 2.24) is 4.98 Å². The summed E-state index contributed by atoms with van der Waals surface area (Å²) < 4.78 is 5.50. The highest BCUT2D eigenvalue weighted by atomic mass is 16.5. The molecule has 1 heterocycles. The maximum Gasteiger partial charge on any atom is 0.248 e. The van der Waals surface area contributed by atoms with Crippen LogP contribution < -0.4 is 15.8 Å². The number of benzene rings is 1. The lowest BCUT2D eigenvalue weighted by molar-refractivity contribution is -0.111. The second-order valence-corrected chi connectivity index (χ2v) is 4.71. The molecule has 0 spiro atoms. The first kappa shape index (κ1) is 15.6. The topological polar surface area (TPSA) is 77.2 Å². The normalized spacial score (nSPS) is 10.6. The van der Waals surface area contributed by atoms with E-state index in [0.717, 1.165) is 17.7 Å². The lowest BCUT2D eigenvalue weighted by atomic mass is 10.2. The first-order valence-corrected chi connectivity index (χ1v) is 7.11. The molecule has 1 aromatic carbocycles. The van der Waals surface area contributed by atoms with Crippen LogP contribution in [-0.2, 0) is 4.79 Å². The Balaban J connectivity index is 1.90. The van der Waals surface area contributed by atoms with Gasteiger partial charge in [-0.25, -0.2) is 4.98 Å². The number of nitrogen functional groups attached to an aromatic ring is 1. The molecule has 0 aliphatic carbocycles. The van der Waals surface area contributed by atoms with Gasteiger partial charge in [0.15, 0.2) is 0 Å². The first-order valence-electron chi connectivity index (χ1n) is 7.11. The van der Waals surface area contributed by atoms with Crippen LogP contribution in [0.2, 0.25) is 0 Å². The molecular weight excluding hydrogens is 278 g/mol. The quantitative estimate of drug-likeness (QED) is 0.803. The van der Waals surface area contributed by atoms with Crippen LogP contribution in [0.4, 0.5) is 11.5 Å². The smallest absolute Gasteiger partial charge is 0.248 e. The molecule has 1 amide bonds. The average Bonchev–Trinajstić information content (AvgIpc) is 2.54. The highest BCUT2D eigenvalue weighted by Crippen LogP contribution is 2.13. The van der Waals surface area contributed by atoms with Gasteiger partial charge in [0.25, 0.3) is 0 Å². The van der Waals surface area contributed by atoms with E-state index in [1.165, 1.54) is 12.3 Å². The van der Waals surface area contributed by atoms with E-state index in [-0.39, 0.29) is 5.91 Å². The van der Waals surface area contributed by atoms with Crippen molar-refractivity contribution in [1.29, 1.82) is 0 Å². The summed E-state index contributed by atoms with van der Waals surface area (Å²) in [5.74, 6) is 1.02. The average molecular weight is 297 g/mol. The van der Waals surface area contributed by atoms with E-state index in [0.29, 0.717) is 18.1 Å². The van der Waals surface area contributed by atoms with E-state index in [9.17, 15) is 4.79 Å². The van der Waals surface area contributed by atoms with Crippen molar-refractivity contribution in [3.05, 3.63) is 54.2 Å². The molecule has 5 heteroatoms. The van der Waals surface area contributed by atoms with Gasteiger partial charge in [-0.15, -0.1) is 0 Å². The van der Waals surface area contributed by atoms with E-state index in [1.54, 1.807) is 18.2 Å². The summed E-state index contributed by atoms with van der Waals surface area (Å²) in [6.45, 7) is 2.76. The lowest BCUT2D eigenvalue weighted by Crippen LogP contribution is -2.08. The zero-order valence-electron chi connectivity index (χ0n) is 12.5. The number of carbonyl (C=O) groups excluding carboxylic acids is 1. The Hall–Kier alpha value is -2.82. The fraction of sp³-hybridized carbons (Fsp3) is 0.176. The molecule has 0 saturated carbocycles. The van der Waals surface area contributed by atoms with Crippen LogP contribution in [-0.4, -0.2) is 17.5 Å². The number of rotatable bonds is 6. The third-order valence-electron chi connectivity index (χ3n) is 2.83. The Kier molecular flexibility index (Phi) is 5.54. The summed E-state index contributed by atoms with van der Waals surface area (Å²) in [5, 5.41) is 2.71. The predicted octanol–water partition coefficient (Wildman–Crippen LogP) is 3.10. The van der Waals surface area contributed by atoms with Crippen LogP contribution in [0.1, 0.15) is 18.9 Å². The third kappa shape index (κ3) is 4.94. The van der Waals surface area contributed by atoms with E-state index >= 15 is 0 Å². The fourth-order valence-electron chi connectivity index (χ4n) is 1.73. The summed E-state index contributed by atoms with van der Waals surface area (Å²) in [4.78, 5) is 15.7. The molecule has 0 bridgehead atoms. The van der Waals surface area contributed by atoms with Gasteiger partial charge in [-0.2, -0.15) is 0 Å². The molecular formula is C17H19N3O2. The molecule has 1 aromatic heterocycles. The van der Waals surface area contributed by atoms with E-state index < -0.39 is 0 Å². The number of hydrogen-bond donors (Lipinski definition) is 2. The van der Waals surface area contributed by atoms with Gasteiger partial charge in [-0.1, -0.05) is 19.1 Å². The van der Waals surface area contributed by atoms with Crippen LogP contribution in [0.25, 0.3) is 6.08 Å². The van der Waals surface area contributed by atoms with Gasteiger partial charge >= 0.3 is 0 Å². The zero-order chi connectivity index (χ0) is 15.8. The minimum absolute atomic E-state index is 0.224. The number of ether oxygens (including phenoxy) is 1. The van der Waals surface area contributed by atoms with Crippen LogP contribution in [0, 0.1) is 0 Å². The predicted molar refractivity (Wildman–Crippen MR) is 88.5 cm³/mol. The molecule has 2 rings (SSSR count). The van der Waals surface area contributed by atoms with Gasteiger partial charge in [0.05, 0.1) is 18.5 Å². The molecule has 114 valence electrons. The van der Waals surface area contributed by atoms with Gasteiger partial charge in [-0.05, 0) is 42.3 Å². The van der Waals surface area contributed by atoms with Crippen LogP contribution >= 0.6 is 0 Å². The molecule has 3 N–H and O–H groups in total. The largest absolute Gasteiger partial charge is 0.494 e. The number of amides is 1. The molecule has 0 aliphatic rings. The van der Waals surface area contributed by atoms with Crippen molar-refractivity contribution in [3.8, 4) is 5.75 Å². The summed E-state index contributed by atoms with van der Waals surface area (Å²) in [6, 6.07) is 10.9. The highest BCUT2D eigenvalue weighted by molar-refractivity contribution is 6.01. The Bertz CT molecular complexity index is 634. The second-order valence-electron chi connectivity index (χ2n) is 4.71. The lowest BCUT2D eigenvalue weighted by Gasteiger charge is -2.04. The molecule has 0 aliphatic heterocycles. The molecule has 22 heavy (non-hydrogen) atoms. The highest BCUT2D eigenvalue weighted by Gasteiger charge is 1.98. The molecule has 0 saturated heterocycles. The molecule has 2 aromatic rings. The van der Waals surface area contributed by atoms with Crippen LogP contribution in [0.3, 0.4) is 0 Å². The van der Waals surface area contributed by atoms with Gasteiger partial charge in [-0.3, -0.25) is 4.79 Å². The maximum atomic E-state index is 11.8. The fourth-order valence-corrected chi connectivity index (χ4v) is 1.73. The summed E-state index contributed by atoms with van der Waals surface area (Å²) in [6.07, 6.45) is 5.70. The van der Waals surface area contributed by atoms with Gasteiger partial charge in [0, 0.05) is 6.08 Å². The van der Waals surface area contributed by atoms with E-state index in [1.807, 2.05) is 24.3 Å². The third-order valence-corrected chi connectivity index (χ3v) is 2.83. The first-order chi connectivity index (χ1) is 10.7. The Morgan fingerprint density at radius 1 is 1.27 bits per heavy atom. The number of nitrogens with two attached hydrogens (primary N) is 1. The Labute approximate surface area is 129 Å². The van der Waals surface area contributed by atoms with E-state index in [2.05, 4.69) is 17.2 Å². The van der Waals surface area contributed by atoms with Crippen molar-refractivity contribution in [2.24, 2.45) is 0 Å². The Morgan fingerprint density at radius 3 is 2.68 bits per heavy atom. The zero-order valence-corrected chi connectivity index (χ0v) is 12.5. The standard InChI is InChI=1S/C17H19N3O2/c1-2-11-22-15-7-3-13(4-8-15)5-10-17(21)20-14-6-9-16(18)19-12-14/h3-10,12H,2,11H2,1H3,(H2,18,19)(H,20,21)/b10-5+. The van der Waals surface area contributed by atoms with Crippen molar-refractivity contribution in [2.75, 3.05) is 17.7 Å². The molecule has 0 atom stereocenters. The number of nitrogens with one attached hydrogen (secondary N) is 1. The summed E-state index contributed by atoms with van der Waals surface area (Å²) in [5.41, 5.74) is 7.02. The summed E-state index contributed by atoms with van der Waals surface area (Å²) >= 11 is 0. The van der Waals surface area contributed by atoms with Crippen molar-refractivity contribution in [3.63, 3.8) is 0 Å². The molecule has 0 unspecified atom stereocenters. The number of pyridine rings is 1. The van der Waals surface area contributed by atoms with Crippen LogP contribution in [0.15, 0.2) is 48.7 Å². The number of hydrogen-bond acceptors (Lipinski definition) is 4. The summed E-state index contributed by atoms with van der Waals surface area (Å²) in [7, 11) is 0. The number of aromatic nitrogens is 1. The van der Waals surface area contributed by atoms with Gasteiger partial charge < -0.3 is 15.8 Å². The minimum atomic E-state index is -0.224. The van der Waals surface area contributed by atoms with Crippen molar-refractivity contribution < 1.29 is 9.53 Å². The maximum absolute atomic E-state index is 11.8.